The minimum atomic E-state index is -3.60. The maximum Gasteiger partial charge on any atom is 0.410 e. The van der Waals surface area contributed by atoms with Gasteiger partial charge in [0.25, 0.3) is 6.01 Å². The van der Waals surface area contributed by atoms with Crippen molar-refractivity contribution in [3.63, 3.8) is 0 Å². The third kappa shape index (κ3) is 4.79. The number of likely N-dealkylation sites (tertiary alicyclic amines) is 1. The summed E-state index contributed by atoms with van der Waals surface area (Å²) >= 11 is 0. The lowest BCUT2D eigenvalue weighted by Crippen LogP contribution is -2.44. The number of carbonyl (C=O) groups is 1. The Bertz CT molecular complexity index is 1050. The largest absolute Gasteiger partial charge is 0.444 e. The minimum Gasteiger partial charge on any atom is -0.444 e. The Balaban J connectivity index is 1.44. The van der Waals surface area contributed by atoms with Gasteiger partial charge in [-0.3, -0.25) is 0 Å². The molecule has 4 rings (SSSR count). The number of hydrogen-bond acceptors (Lipinski definition) is 7. The van der Waals surface area contributed by atoms with Crippen molar-refractivity contribution in [3.05, 3.63) is 18.2 Å². The van der Waals surface area contributed by atoms with Crippen molar-refractivity contribution in [1.29, 1.82) is 0 Å². The van der Waals surface area contributed by atoms with Crippen LogP contribution < -0.4 is 5.32 Å². The lowest BCUT2D eigenvalue weighted by atomic mass is 10.1. The number of piperidine rings is 1. The summed E-state index contributed by atoms with van der Waals surface area (Å²) in [6, 6.07) is 5.39. The Labute approximate surface area is 182 Å². The number of ether oxygens (including phenoxy) is 1. The van der Waals surface area contributed by atoms with Gasteiger partial charge in [0.05, 0.1) is 0 Å². The average Bonchev–Trinajstić information content (AvgIpc) is 3.36. The summed E-state index contributed by atoms with van der Waals surface area (Å²) in [5.41, 5.74) is 0.273. The number of carbonyl (C=O) groups excluding carboxylic acids is 1. The van der Waals surface area contributed by atoms with Crippen molar-refractivity contribution in [2.45, 2.75) is 63.0 Å². The van der Waals surface area contributed by atoms with Crippen molar-refractivity contribution < 1.29 is 22.4 Å². The van der Waals surface area contributed by atoms with Crippen LogP contribution in [-0.4, -0.2) is 66.5 Å². The van der Waals surface area contributed by atoms with Crippen LogP contribution >= 0.6 is 0 Å². The van der Waals surface area contributed by atoms with Crippen molar-refractivity contribution in [3.8, 4) is 0 Å². The first-order valence-corrected chi connectivity index (χ1v) is 12.2. The Hall–Kier alpha value is -2.33. The van der Waals surface area contributed by atoms with Gasteiger partial charge in [0.2, 0.25) is 10.0 Å². The molecule has 2 aliphatic heterocycles. The van der Waals surface area contributed by atoms with Gasteiger partial charge in [-0.1, -0.05) is 6.07 Å². The number of rotatable bonds is 4. The van der Waals surface area contributed by atoms with E-state index in [1.165, 1.54) is 4.31 Å². The zero-order valence-electron chi connectivity index (χ0n) is 18.3. The topological polar surface area (TPSA) is 105 Å². The van der Waals surface area contributed by atoms with E-state index in [0.717, 1.165) is 25.7 Å². The van der Waals surface area contributed by atoms with Crippen LogP contribution in [0.5, 0.6) is 0 Å². The first-order valence-electron chi connectivity index (χ1n) is 10.8. The van der Waals surface area contributed by atoms with Crippen LogP contribution in [0.1, 0.15) is 46.5 Å². The molecule has 0 bridgehead atoms. The Morgan fingerprint density at radius 2 is 1.84 bits per heavy atom. The van der Waals surface area contributed by atoms with Gasteiger partial charge in [-0.15, -0.1) is 0 Å². The smallest absolute Gasteiger partial charge is 0.410 e. The van der Waals surface area contributed by atoms with Gasteiger partial charge < -0.3 is 19.4 Å². The summed E-state index contributed by atoms with van der Waals surface area (Å²) in [5.74, 6) is 0. The summed E-state index contributed by atoms with van der Waals surface area (Å²) in [7, 11) is -3.60. The quantitative estimate of drug-likeness (QED) is 0.761. The number of aromatic nitrogens is 1. The van der Waals surface area contributed by atoms with Crippen LogP contribution in [0, 0.1) is 0 Å². The van der Waals surface area contributed by atoms with E-state index in [4.69, 9.17) is 9.15 Å². The molecule has 0 aliphatic carbocycles. The number of nitrogens with zero attached hydrogens (tertiary/aromatic N) is 3. The minimum absolute atomic E-state index is 0.0744. The fourth-order valence-corrected chi connectivity index (χ4v) is 5.61. The molecular formula is C21H30N4O5S. The molecule has 0 spiro atoms. The van der Waals surface area contributed by atoms with E-state index in [9.17, 15) is 13.2 Å². The van der Waals surface area contributed by atoms with Gasteiger partial charge in [-0.2, -0.15) is 9.29 Å². The zero-order chi connectivity index (χ0) is 22.2. The number of sulfonamides is 1. The Morgan fingerprint density at radius 3 is 2.48 bits per heavy atom. The second-order valence-electron chi connectivity index (χ2n) is 9.12. The standard InChI is InChI=1S/C21H30N4O5S/c1-21(2,3)30-20(26)24-13-9-15(10-14-24)22-19-23-16-7-6-8-17(18(16)29-19)31(27,28)25-11-4-5-12-25/h6-8,15H,4-5,9-14H2,1-3H3,(H,22,23). The summed E-state index contributed by atoms with van der Waals surface area (Å²) in [5, 5.41) is 3.26. The number of para-hydroxylation sites is 1. The SMILES string of the molecule is CC(C)(C)OC(=O)N1CCC(Nc2nc3cccc(S(=O)(=O)N4CCCC4)c3o2)CC1. The van der Waals surface area contributed by atoms with Crippen molar-refractivity contribution >= 4 is 33.2 Å². The molecule has 1 aromatic heterocycles. The van der Waals surface area contributed by atoms with Crippen LogP contribution in [0.15, 0.2) is 27.5 Å². The fraction of sp³-hybridized carbons (Fsp3) is 0.619. The van der Waals surface area contributed by atoms with Crippen LogP contribution in [0.2, 0.25) is 0 Å². The van der Waals surface area contributed by atoms with Crippen LogP contribution in [0.3, 0.4) is 0 Å². The molecule has 2 saturated heterocycles. The number of anilines is 1. The molecule has 0 radical (unpaired) electrons. The van der Waals surface area contributed by atoms with Gasteiger partial charge in [-0.25, -0.2) is 13.2 Å². The highest BCUT2D eigenvalue weighted by atomic mass is 32.2. The zero-order valence-corrected chi connectivity index (χ0v) is 19.1. The summed E-state index contributed by atoms with van der Waals surface area (Å²) in [6.07, 6.45) is 2.89. The van der Waals surface area contributed by atoms with Gasteiger partial charge >= 0.3 is 6.09 Å². The first-order chi connectivity index (χ1) is 14.6. The highest BCUT2D eigenvalue weighted by molar-refractivity contribution is 7.89. The number of oxazole rings is 1. The highest BCUT2D eigenvalue weighted by Crippen LogP contribution is 2.30. The lowest BCUT2D eigenvalue weighted by molar-refractivity contribution is 0.0210. The van der Waals surface area contributed by atoms with Crippen LogP contribution in [0.4, 0.5) is 10.8 Å². The number of hydrogen-bond donors (Lipinski definition) is 1. The number of amides is 1. The number of nitrogens with one attached hydrogen (secondary N) is 1. The molecule has 10 heteroatoms. The number of benzene rings is 1. The molecule has 3 heterocycles. The second kappa shape index (κ2) is 8.31. The fourth-order valence-electron chi connectivity index (χ4n) is 3.96. The molecule has 1 aromatic carbocycles. The van der Waals surface area contributed by atoms with Crippen LogP contribution in [-0.2, 0) is 14.8 Å². The maximum atomic E-state index is 13.0. The predicted octanol–water partition coefficient (Wildman–Crippen LogP) is 3.42. The molecular weight excluding hydrogens is 420 g/mol. The van der Waals surface area contributed by atoms with E-state index in [1.54, 1.807) is 23.1 Å². The molecule has 0 saturated carbocycles. The van der Waals surface area contributed by atoms with Gasteiger partial charge in [0, 0.05) is 32.2 Å². The molecule has 9 nitrogen and oxygen atoms in total. The van der Waals surface area contributed by atoms with Crippen molar-refractivity contribution in [2.24, 2.45) is 0 Å². The highest BCUT2D eigenvalue weighted by Gasteiger charge is 2.31. The van der Waals surface area contributed by atoms with Crippen LogP contribution in [0.25, 0.3) is 11.1 Å². The van der Waals surface area contributed by atoms with E-state index < -0.39 is 15.6 Å². The third-order valence-corrected chi connectivity index (χ3v) is 7.46. The van der Waals surface area contributed by atoms with Crippen molar-refractivity contribution in [1.82, 2.24) is 14.2 Å². The maximum absolute atomic E-state index is 13.0. The Kier molecular flexibility index (Phi) is 5.87. The van der Waals surface area contributed by atoms with E-state index >= 15 is 0 Å². The van der Waals surface area contributed by atoms with Crippen molar-refractivity contribution in [2.75, 3.05) is 31.5 Å². The summed E-state index contributed by atoms with van der Waals surface area (Å²) < 4.78 is 38.8. The molecule has 1 N–H and O–H groups in total. The average molecular weight is 451 g/mol. The molecule has 0 atom stereocenters. The second-order valence-corrected chi connectivity index (χ2v) is 11.0. The molecule has 2 aromatic rings. The van der Waals surface area contributed by atoms with Gasteiger partial charge in [0.1, 0.15) is 16.0 Å². The number of fused-ring (bicyclic) bond motifs is 1. The molecule has 2 fully saturated rings. The third-order valence-electron chi connectivity index (χ3n) is 5.54. The first kappa shape index (κ1) is 21.9. The molecule has 2 aliphatic rings. The molecule has 31 heavy (non-hydrogen) atoms. The van der Waals surface area contributed by atoms with Gasteiger partial charge in [-0.05, 0) is 58.6 Å². The molecule has 170 valence electrons. The van der Waals surface area contributed by atoms with E-state index in [2.05, 4.69) is 10.3 Å². The van der Waals surface area contributed by atoms with E-state index in [0.29, 0.717) is 37.7 Å². The summed E-state index contributed by atoms with van der Waals surface area (Å²) in [6.45, 7) is 7.77. The summed E-state index contributed by atoms with van der Waals surface area (Å²) in [4.78, 5) is 18.5. The lowest BCUT2D eigenvalue weighted by Gasteiger charge is -2.33. The van der Waals surface area contributed by atoms with Gasteiger partial charge in [0.15, 0.2) is 5.58 Å². The Morgan fingerprint density at radius 1 is 1.16 bits per heavy atom. The van der Waals surface area contributed by atoms with E-state index in [1.807, 2.05) is 20.8 Å². The predicted molar refractivity (Wildman–Crippen MR) is 116 cm³/mol. The normalized spacial score (nSPS) is 19.1. The molecule has 1 amide bonds. The molecule has 0 unspecified atom stereocenters. The monoisotopic (exact) mass is 450 g/mol. The van der Waals surface area contributed by atoms with E-state index in [-0.39, 0.29) is 22.6 Å².